The van der Waals surface area contributed by atoms with Crippen LogP contribution in [-0.2, 0) is 17.8 Å². The molecule has 0 aliphatic rings. The molecule has 0 spiro atoms. The molecule has 0 radical (unpaired) electrons. The summed E-state index contributed by atoms with van der Waals surface area (Å²) >= 11 is 3.49. The van der Waals surface area contributed by atoms with E-state index < -0.39 is 0 Å². The third kappa shape index (κ3) is 3.15. The van der Waals surface area contributed by atoms with Crippen LogP contribution in [0.3, 0.4) is 0 Å². The van der Waals surface area contributed by atoms with Gasteiger partial charge in [0.05, 0.1) is 28.8 Å². The van der Waals surface area contributed by atoms with Crippen LogP contribution in [0, 0.1) is 6.92 Å². The van der Waals surface area contributed by atoms with E-state index in [1.165, 1.54) is 0 Å². The van der Waals surface area contributed by atoms with Crippen LogP contribution >= 0.6 is 15.9 Å². The number of ketones is 1. The van der Waals surface area contributed by atoms with E-state index in [9.17, 15) is 4.79 Å². The lowest BCUT2D eigenvalue weighted by Gasteiger charge is -2.09. The minimum Gasteiger partial charge on any atom is -0.302 e. The zero-order valence-electron chi connectivity index (χ0n) is 10.2. The Kier molecular flexibility index (Phi) is 4.68. The Morgan fingerprint density at radius 2 is 2.12 bits per heavy atom. The van der Waals surface area contributed by atoms with Crippen molar-refractivity contribution in [1.29, 1.82) is 0 Å². The zero-order valence-corrected chi connectivity index (χ0v) is 11.8. The first-order chi connectivity index (χ1) is 7.45. The van der Waals surface area contributed by atoms with Gasteiger partial charge in [0.25, 0.3) is 0 Å². The standard InChI is InChI=1S/C11H18BrN3O/c1-5-15-10(11(12)8(2)13-15)6-9(16)7-14(3)4/h5-7H2,1-4H3. The molecule has 0 atom stereocenters. The predicted molar refractivity (Wildman–Crippen MR) is 67.6 cm³/mol. The normalized spacial score (nSPS) is 11.1. The quantitative estimate of drug-likeness (QED) is 0.827. The summed E-state index contributed by atoms with van der Waals surface area (Å²) in [4.78, 5) is 13.6. The van der Waals surface area contributed by atoms with E-state index in [0.717, 1.165) is 22.4 Å². The molecule has 1 heterocycles. The Morgan fingerprint density at radius 3 is 2.62 bits per heavy atom. The Hall–Kier alpha value is -0.680. The van der Waals surface area contributed by atoms with Gasteiger partial charge in [-0.1, -0.05) is 0 Å². The lowest BCUT2D eigenvalue weighted by Crippen LogP contribution is -2.24. The number of carbonyl (C=O) groups excluding carboxylic acids is 1. The minimum atomic E-state index is 0.209. The van der Waals surface area contributed by atoms with E-state index in [1.54, 1.807) is 0 Å². The van der Waals surface area contributed by atoms with E-state index in [0.29, 0.717) is 13.0 Å². The maximum atomic E-state index is 11.7. The van der Waals surface area contributed by atoms with Crippen molar-refractivity contribution < 1.29 is 4.79 Å². The van der Waals surface area contributed by atoms with Crippen LogP contribution in [0.4, 0.5) is 0 Å². The van der Waals surface area contributed by atoms with Crippen LogP contribution in [0.1, 0.15) is 18.3 Å². The monoisotopic (exact) mass is 287 g/mol. The highest BCUT2D eigenvalue weighted by Gasteiger charge is 2.15. The first-order valence-electron chi connectivity index (χ1n) is 5.33. The van der Waals surface area contributed by atoms with E-state index in [-0.39, 0.29) is 5.78 Å². The molecular formula is C11H18BrN3O. The van der Waals surface area contributed by atoms with Gasteiger partial charge in [0, 0.05) is 6.54 Å². The summed E-state index contributed by atoms with van der Waals surface area (Å²) in [5.41, 5.74) is 1.92. The van der Waals surface area contributed by atoms with E-state index in [4.69, 9.17) is 0 Å². The van der Waals surface area contributed by atoms with Crippen LogP contribution < -0.4 is 0 Å². The summed E-state index contributed by atoms with van der Waals surface area (Å²) in [7, 11) is 3.80. The van der Waals surface area contributed by atoms with Gasteiger partial charge < -0.3 is 4.90 Å². The number of aryl methyl sites for hydroxylation is 2. The number of Topliss-reactive ketones (excluding diaryl/α,β-unsaturated/α-hetero) is 1. The summed E-state index contributed by atoms with van der Waals surface area (Å²) in [6.45, 7) is 5.23. The molecule has 0 unspecified atom stereocenters. The smallest absolute Gasteiger partial charge is 0.152 e. The fourth-order valence-electron chi connectivity index (χ4n) is 1.63. The van der Waals surface area contributed by atoms with Crippen LogP contribution in [0.15, 0.2) is 4.47 Å². The second kappa shape index (κ2) is 5.59. The van der Waals surface area contributed by atoms with Gasteiger partial charge in [-0.2, -0.15) is 5.10 Å². The van der Waals surface area contributed by atoms with Crippen LogP contribution in [0.2, 0.25) is 0 Å². The SMILES string of the molecule is CCn1nc(C)c(Br)c1CC(=O)CN(C)C. The fourth-order valence-corrected chi connectivity index (χ4v) is 2.06. The molecule has 4 nitrogen and oxygen atoms in total. The third-order valence-corrected chi connectivity index (χ3v) is 3.34. The number of rotatable bonds is 5. The number of hydrogen-bond donors (Lipinski definition) is 0. The van der Waals surface area contributed by atoms with Crippen molar-refractivity contribution in [3.05, 3.63) is 15.9 Å². The largest absolute Gasteiger partial charge is 0.302 e. The van der Waals surface area contributed by atoms with Crippen molar-refractivity contribution in [3.63, 3.8) is 0 Å². The van der Waals surface area contributed by atoms with Crippen LogP contribution in [0.25, 0.3) is 0 Å². The summed E-state index contributed by atoms with van der Waals surface area (Å²) in [5.74, 6) is 0.209. The Morgan fingerprint density at radius 1 is 1.50 bits per heavy atom. The number of carbonyl (C=O) groups is 1. The van der Waals surface area contributed by atoms with Crippen molar-refractivity contribution in [1.82, 2.24) is 14.7 Å². The van der Waals surface area contributed by atoms with Gasteiger partial charge in [0.1, 0.15) is 0 Å². The predicted octanol–water partition coefficient (Wildman–Crippen LogP) is 1.65. The minimum absolute atomic E-state index is 0.209. The van der Waals surface area contributed by atoms with Crippen molar-refractivity contribution >= 4 is 21.7 Å². The molecule has 0 amide bonds. The molecule has 0 bridgehead atoms. The highest BCUT2D eigenvalue weighted by atomic mass is 79.9. The number of halogens is 1. The van der Waals surface area contributed by atoms with Crippen molar-refractivity contribution in [2.24, 2.45) is 0 Å². The van der Waals surface area contributed by atoms with Gasteiger partial charge in [-0.15, -0.1) is 0 Å². The summed E-state index contributed by atoms with van der Waals surface area (Å²) < 4.78 is 2.84. The molecule has 1 aromatic heterocycles. The lowest BCUT2D eigenvalue weighted by atomic mass is 10.2. The zero-order chi connectivity index (χ0) is 12.3. The first kappa shape index (κ1) is 13.4. The Labute approximate surface area is 105 Å². The Bertz CT molecular complexity index is 385. The lowest BCUT2D eigenvalue weighted by molar-refractivity contribution is -0.119. The molecule has 0 aliphatic carbocycles. The molecule has 90 valence electrons. The molecule has 0 fully saturated rings. The van der Waals surface area contributed by atoms with E-state index in [1.807, 2.05) is 37.5 Å². The van der Waals surface area contributed by atoms with Gasteiger partial charge >= 0.3 is 0 Å². The molecule has 1 rings (SSSR count). The van der Waals surface area contributed by atoms with Crippen molar-refractivity contribution in [2.75, 3.05) is 20.6 Å². The number of aromatic nitrogens is 2. The second-order valence-corrected chi connectivity index (χ2v) is 4.91. The van der Waals surface area contributed by atoms with Gasteiger partial charge in [-0.05, 0) is 43.9 Å². The molecule has 0 N–H and O–H groups in total. The third-order valence-electron chi connectivity index (χ3n) is 2.31. The molecule has 0 saturated carbocycles. The summed E-state index contributed by atoms with van der Waals surface area (Å²) in [5, 5.41) is 4.36. The van der Waals surface area contributed by atoms with Gasteiger partial charge in [0.2, 0.25) is 0 Å². The van der Waals surface area contributed by atoms with Gasteiger partial charge in [0.15, 0.2) is 5.78 Å². The summed E-state index contributed by atoms with van der Waals surface area (Å²) in [6, 6.07) is 0. The van der Waals surface area contributed by atoms with Gasteiger partial charge in [-0.25, -0.2) is 0 Å². The van der Waals surface area contributed by atoms with E-state index in [2.05, 4.69) is 21.0 Å². The molecule has 0 aliphatic heterocycles. The maximum absolute atomic E-state index is 11.7. The Balaban J connectivity index is 2.83. The molecule has 5 heteroatoms. The summed E-state index contributed by atoms with van der Waals surface area (Å²) in [6.07, 6.45) is 0.438. The van der Waals surface area contributed by atoms with Crippen molar-refractivity contribution in [3.8, 4) is 0 Å². The highest BCUT2D eigenvalue weighted by Crippen LogP contribution is 2.21. The molecule has 0 aromatic carbocycles. The highest BCUT2D eigenvalue weighted by molar-refractivity contribution is 9.10. The average Bonchev–Trinajstić information content (AvgIpc) is 2.44. The number of likely N-dealkylation sites (N-methyl/N-ethyl adjacent to an activating group) is 1. The average molecular weight is 288 g/mol. The molecule has 0 saturated heterocycles. The topological polar surface area (TPSA) is 38.1 Å². The first-order valence-corrected chi connectivity index (χ1v) is 6.13. The second-order valence-electron chi connectivity index (χ2n) is 4.12. The van der Waals surface area contributed by atoms with Crippen LogP contribution in [-0.4, -0.2) is 41.1 Å². The molecule has 16 heavy (non-hydrogen) atoms. The van der Waals surface area contributed by atoms with Gasteiger partial charge in [-0.3, -0.25) is 9.48 Å². The molecule has 1 aromatic rings. The number of hydrogen-bond acceptors (Lipinski definition) is 3. The number of nitrogens with zero attached hydrogens (tertiary/aromatic N) is 3. The molecular weight excluding hydrogens is 270 g/mol. The fraction of sp³-hybridized carbons (Fsp3) is 0.636. The van der Waals surface area contributed by atoms with Crippen LogP contribution in [0.5, 0.6) is 0 Å². The van der Waals surface area contributed by atoms with Crippen molar-refractivity contribution in [2.45, 2.75) is 26.8 Å². The maximum Gasteiger partial charge on any atom is 0.152 e. The van der Waals surface area contributed by atoms with E-state index >= 15 is 0 Å².